The number of rotatable bonds is 3. The van der Waals surface area contributed by atoms with Crippen molar-refractivity contribution in [1.82, 2.24) is 4.90 Å². The number of alkyl halides is 1. The number of amides is 1. The molecule has 1 saturated heterocycles. The first kappa shape index (κ1) is 13.2. The molecule has 0 aromatic carbocycles. The lowest BCUT2D eigenvalue weighted by Crippen LogP contribution is -2.53. The summed E-state index contributed by atoms with van der Waals surface area (Å²) in [5, 5.41) is 0. The highest BCUT2D eigenvalue weighted by molar-refractivity contribution is 5.69. The molecule has 5 heteroatoms. The van der Waals surface area contributed by atoms with Crippen molar-refractivity contribution in [2.75, 3.05) is 19.7 Å². The van der Waals surface area contributed by atoms with Gasteiger partial charge < -0.3 is 14.4 Å². The van der Waals surface area contributed by atoms with Crippen LogP contribution in [0, 0.1) is 5.92 Å². The number of hydrogen-bond donors (Lipinski definition) is 0. The Morgan fingerprint density at radius 3 is 2.50 bits per heavy atom. The molecule has 0 bridgehead atoms. The van der Waals surface area contributed by atoms with Gasteiger partial charge in [0, 0.05) is 19.0 Å². The molecular weight excluding hydrogens is 213 g/mol. The monoisotopic (exact) mass is 233 g/mol. The predicted molar refractivity (Wildman–Crippen MR) is 57.8 cm³/mol. The molecular formula is C11H20FNO3. The van der Waals surface area contributed by atoms with Gasteiger partial charge >= 0.3 is 6.09 Å². The number of halogens is 1. The molecule has 0 aliphatic carbocycles. The Kier molecular flexibility index (Phi) is 4.13. The lowest BCUT2D eigenvalue weighted by atomic mass is 10.0. The van der Waals surface area contributed by atoms with E-state index in [2.05, 4.69) is 0 Å². The van der Waals surface area contributed by atoms with E-state index in [9.17, 15) is 9.18 Å². The minimum atomic E-state index is -1.24. The van der Waals surface area contributed by atoms with Crippen LogP contribution in [-0.4, -0.2) is 42.6 Å². The Labute approximate surface area is 95.7 Å². The predicted octanol–water partition coefficient (Wildman–Crippen LogP) is 2.19. The molecule has 16 heavy (non-hydrogen) atoms. The molecule has 1 unspecified atom stereocenters. The van der Waals surface area contributed by atoms with Crippen molar-refractivity contribution < 1.29 is 18.7 Å². The van der Waals surface area contributed by atoms with Gasteiger partial charge in [-0.1, -0.05) is 0 Å². The van der Waals surface area contributed by atoms with Crippen LogP contribution in [0.25, 0.3) is 0 Å². The zero-order valence-corrected chi connectivity index (χ0v) is 10.3. The van der Waals surface area contributed by atoms with E-state index in [0.29, 0.717) is 19.7 Å². The van der Waals surface area contributed by atoms with Gasteiger partial charge in [0.1, 0.15) is 5.60 Å². The molecule has 0 aromatic heterocycles. The fourth-order valence-electron chi connectivity index (χ4n) is 1.42. The van der Waals surface area contributed by atoms with Gasteiger partial charge in [-0.15, -0.1) is 0 Å². The summed E-state index contributed by atoms with van der Waals surface area (Å²) in [6.45, 7) is 8.37. The van der Waals surface area contributed by atoms with Crippen molar-refractivity contribution in [3.05, 3.63) is 0 Å². The van der Waals surface area contributed by atoms with Crippen LogP contribution in [0.5, 0.6) is 0 Å². The second kappa shape index (κ2) is 4.99. The molecule has 4 nitrogen and oxygen atoms in total. The minimum Gasteiger partial charge on any atom is -0.444 e. The molecule has 1 heterocycles. The second-order valence-corrected chi connectivity index (χ2v) is 5.13. The van der Waals surface area contributed by atoms with E-state index in [1.165, 1.54) is 6.92 Å². The number of carbonyl (C=O) groups excluding carboxylic acids is 1. The zero-order valence-electron chi connectivity index (χ0n) is 10.3. The quantitative estimate of drug-likeness (QED) is 0.750. The van der Waals surface area contributed by atoms with Crippen LogP contribution in [0.3, 0.4) is 0 Å². The summed E-state index contributed by atoms with van der Waals surface area (Å²) in [7, 11) is 0. The molecule has 1 rings (SSSR count). The summed E-state index contributed by atoms with van der Waals surface area (Å²) in [5.41, 5.74) is -0.466. The van der Waals surface area contributed by atoms with Gasteiger partial charge in [0.15, 0.2) is 6.36 Å². The maximum atomic E-state index is 12.4. The van der Waals surface area contributed by atoms with Gasteiger partial charge in [-0.05, 0) is 27.7 Å². The standard InChI is InChI=1S/C11H20FNO3/c1-8(12)15-7-9-5-13(6-9)10(14)16-11(2,3)4/h8-9H,5-7H2,1-4H3. The maximum Gasteiger partial charge on any atom is 0.410 e. The Morgan fingerprint density at radius 2 is 2.06 bits per heavy atom. The molecule has 1 amide bonds. The highest BCUT2D eigenvalue weighted by atomic mass is 19.1. The Hall–Kier alpha value is -0.840. The van der Waals surface area contributed by atoms with Gasteiger partial charge in [0.05, 0.1) is 6.61 Å². The number of hydrogen-bond acceptors (Lipinski definition) is 3. The van der Waals surface area contributed by atoms with Crippen LogP contribution in [0.1, 0.15) is 27.7 Å². The summed E-state index contributed by atoms with van der Waals surface area (Å²) < 4.78 is 22.4. The van der Waals surface area contributed by atoms with Crippen LogP contribution >= 0.6 is 0 Å². The highest BCUT2D eigenvalue weighted by Crippen LogP contribution is 2.20. The van der Waals surface area contributed by atoms with Gasteiger partial charge in [-0.2, -0.15) is 0 Å². The van der Waals surface area contributed by atoms with Crippen molar-refractivity contribution in [3.63, 3.8) is 0 Å². The van der Waals surface area contributed by atoms with Crippen LogP contribution in [0.15, 0.2) is 0 Å². The third-order valence-electron chi connectivity index (χ3n) is 2.17. The van der Waals surface area contributed by atoms with Crippen molar-refractivity contribution in [2.24, 2.45) is 5.92 Å². The summed E-state index contributed by atoms with van der Waals surface area (Å²) in [6, 6.07) is 0. The lowest BCUT2D eigenvalue weighted by molar-refractivity contribution is -0.0699. The fourth-order valence-corrected chi connectivity index (χ4v) is 1.42. The van der Waals surface area contributed by atoms with Crippen LogP contribution in [-0.2, 0) is 9.47 Å². The molecule has 0 spiro atoms. The van der Waals surface area contributed by atoms with Crippen molar-refractivity contribution in [3.8, 4) is 0 Å². The Morgan fingerprint density at radius 1 is 1.50 bits per heavy atom. The van der Waals surface area contributed by atoms with Gasteiger partial charge in [-0.25, -0.2) is 9.18 Å². The maximum absolute atomic E-state index is 12.4. The van der Waals surface area contributed by atoms with E-state index in [-0.39, 0.29) is 12.0 Å². The third kappa shape index (κ3) is 4.35. The smallest absolute Gasteiger partial charge is 0.410 e. The summed E-state index contributed by atoms with van der Waals surface area (Å²) in [6.07, 6.45) is -1.55. The van der Waals surface area contributed by atoms with Gasteiger partial charge in [-0.3, -0.25) is 0 Å². The first-order valence-corrected chi connectivity index (χ1v) is 5.51. The first-order valence-electron chi connectivity index (χ1n) is 5.51. The van der Waals surface area contributed by atoms with E-state index >= 15 is 0 Å². The molecule has 1 atom stereocenters. The average molecular weight is 233 g/mol. The largest absolute Gasteiger partial charge is 0.444 e. The van der Waals surface area contributed by atoms with E-state index in [0.717, 1.165) is 0 Å². The zero-order chi connectivity index (χ0) is 12.3. The molecule has 0 aromatic rings. The molecule has 1 aliphatic rings. The highest BCUT2D eigenvalue weighted by Gasteiger charge is 2.33. The van der Waals surface area contributed by atoms with Gasteiger partial charge in [0.2, 0.25) is 0 Å². The average Bonchev–Trinajstić information content (AvgIpc) is 1.96. The van der Waals surface area contributed by atoms with E-state index in [1.54, 1.807) is 4.90 Å². The van der Waals surface area contributed by atoms with Gasteiger partial charge in [0.25, 0.3) is 0 Å². The summed E-state index contributed by atoms with van der Waals surface area (Å²) in [5.74, 6) is 0.228. The number of ether oxygens (including phenoxy) is 2. The normalized spacial score (nSPS) is 19.2. The van der Waals surface area contributed by atoms with Crippen molar-refractivity contribution >= 4 is 6.09 Å². The number of carbonyl (C=O) groups is 1. The minimum absolute atomic E-state index is 0.228. The molecule has 0 N–H and O–H groups in total. The molecule has 1 fully saturated rings. The Bertz CT molecular complexity index is 244. The number of likely N-dealkylation sites (tertiary alicyclic amines) is 1. The molecule has 0 radical (unpaired) electrons. The molecule has 1 aliphatic heterocycles. The SMILES string of the molecule is CC(F)OCC1CN(C(=O)OC(C)(C)C)C1. The molecule has 0 saturated carbocycles. The van der Waals surface area contributed by atoms with Crippen molar-refractivity contribution in [1.29, 1.82) is 0 Å². The topological polar surface area (TPSA) is 38.8 Å². The van der Waals surface area contributed by atoms with Crippen LogP contribution in [0.2, 0.25) is 0 Å². The fraction of sp³-hybridized carbons (Fsp3) is 0.909. The molecule has 94 valence electrons. The first-order chi connectivity index (χ1) is 7.28. The number of nitrogens with zero attached hydrogens (tertiary/aromatic N) is 1. The second-order valence-electron chi connectivity index (χ2n) is 5.13. The Balaban J connectivity index is 2.18. The van der Waals surface area contributed by atoms with E-state index < -0.39 is 12.0 Å². The van der Waals surface area contributed by atoms with E-state index in [4.69, 9.17) is 9.47 Å². The van der Waals surface area contributed by atoms with E-state index in [1.807, 2.05) is 20.8 Å². The summed E-state index contributed by atoms with van der Waals surface area (Å²) in [4.78, 5) is 13.1. The third-order valence-corrected chi connectivity index (χ3v) is 2.17. The van der Waals surface area contributed by atoms with Crippen LogP contribution < -0.4 is 0 Å². The van der Waals surface area contributed by atoms with Crippen LogP contribution in [0.4, 0.5) is 9.18 Å². The lowest BCUT2D eigenvalue weighted by Gasteiger charge is -2.39. The van der Waals surface area contributed by atoms with Crippen molar-refractivity contribution in [2.45, 2.75) is 39.7 Å². The summed E-state index contributed by atoms with van der Waals surface area (Å²) >= 11 is 0.